The molecule has 0 aromatic heterocycles. The van der Waals surface area contributed by atoms with E-state index in [1.54, 1.807) is 53.4 Å². The number of esters is 1. The number of urea groups is 1. The van der Waals surface area contributed by atoms with E-state index in [-0.39, 0.29) is 32.1 Å². The summed E-state index contributed by atoms with van der Waals surface area (Å²) in [5.41, 5.74) is 2.39. The Balaban J connectivity index is 1.44. The Morgan fingerprint density at radius 3 is 2.42 bits per heavy atom. The fourth-order valence-electron chi connectivity index (χ4n) is 4.22. The van der Waals surface area contributed by atoms with Gasteiger partial charge in [0.1, 0.15) is 19.3 Å². The highest BCUT2D eigenvalue weighted by Crippen LogP contribution is 2.25. The number of carbonyl (C=O) groups excluding carboxylic acids is 4. The van der Waals surface area contributed by atoms with Crippen molar-refractivity contribution in [3.8, 4) is 12.3 Å². The highest BCUT2D eigenvalue weighted by molar-refractivity contribution is 6.00. The zero-order valence-electron chi connectivity index (χ0n) is 20.8. The third-order valence-corrected chi connectivity index (χ3v) is 6.23. The van der Waals surface area contributed by atoms with Crippen LogP contribution in [-0.2, 0) is 28.6 Å². The lowest BCUT2D eigenvalue weighted by atomic mass is 10.1. The monoisotopic (exact) mass is 520 g/mol. The molecular formula is C27H28N4O7. The molecule has 2 N–H and O–H groups in total. The van der Waals surface area contributed by atoms with Crippen LogP contribution in [0.15, 0.2) is 48.5 Å². The molecule has 0 bridgehead atoms. The number of nitrogens with one attached hydrogen (secondary N) is 2. The minimum atomic E-state index is -0.858. The number of likely N-dealkylation sites (tertiary alicyclic amines) is 1. The number of hydrogen-bond donors (Lipinski definition) is 2. The molecule has 2 aliphatic heterocycles. The predicted octanol–water partition coefficient (Wildman–Crippen LogP) is 1.83. The normalized spacial score (nSPS) is 19.0. The third-order valence-electron chi connectivity index (χ3n) is 6.23. The second-order valence-corrected chi connectivity index (χ2v) is 8.70. The molecule has 198 valence electrons. The Bertz CT molecular complexity index is 1220. The number of rotatable bonds is 7. The van der Waals surface area contributed by atoms with Crippen LogP contribution in [0, 0.1) is 12.3 Å². The molecule has 2 saturated heterocycles. The lowest BCUT2D eigenvalue weighted by Crippen LogP contribution is -2.45. The quantitative estimate of drug-likeness (QED) is 0.421. The molecular weight excluding hydrogens is 492 g/mol. The number of ether oxygens (including phenoxy) is 3. The van der Waals surface area contributed by atoms with Crippen molar-refractivity contribution in [1.29, 1.82) is 0 Å². The molecule has 2 aliphatic rings. The largest absolute Gasteiger partial charge is 0.467 e. The highest BCUT2D eigenvalue weighted by Gasteiger charge is 2.40. The van der Waals surface area contributed by atoms with Crippen LogP contribution >= 0.6 is 0 Å². The Morgan fingerprint density at radius 2 is 1.76 bits per heavy atom. The van der Waals surface area contributed by atoms with Crippen LogP contribution in [0.5, 0.6) is 0 Å². The Hall–Kier alpha value is -4.40. The van der Waals surface area contributed by atoms with Crippen molar-refractivity contribution in [2.75, 3.05) is 55.6 Å². The fourth-order valence-corrected chi connectivity index (χ4v) is 4.22. The summed E-state index contributed by atoms with van der Waals surface area (Å²) in [5.74, 6) is 1.41. The van der Waals surface area contributed by atoms with Crippen molar-refractivity contribution in [3.63, 3.8) is 0 Å². The first-order valence-electron chi connectivity index (χ1n) is 12.0. The van der Waals surface area contributed by atoms with Gasteiger partial charge >= 0.3 is 12.0 Å². The van der Waals surface area contributed by atoms with Crippen LogP contribution in [0.4, 0.5) is 21.9 Å². The van der Waals surface area contributed by atoms with Gasteiger partial charge in [0.15, 0.2) is 0 Å². The van der Waals surface area contributed by atoms with E-state index in [4.69, 9.17) is 15.9 Å². The van der Waals surface area contributed by atoms with Gasteiger partial charge in [0.25, 0.3) is 5.91 Å². The number of carbonyl (C=O) groups is 4. The standard InChI is InChI=1S/C27H28N4O7/c1-3-18-4-6-20(7-5-18)29-27(35)31-15-22(38-17-25(33)36-2)14-23(31)26(34)28-19-8-10-21(11-9-19)30-12-13-37-16-24(30)32/h1,4-11,22-23H,12-17H2,2H3,(H,28,34)(H,29,35). The zero-order chi connectivity index (χ0) is 27.1. The summed E-state index contributed by atoms with van der Waals surface area (Å²) < 4.78 is 15.4. The minimum Gasteiger partial charge on any atom is -0.467 e. The number of hydrogen-bond acceptors (Lipinski definition) is 7. The number of morpholine rings is 1. The number of anilines is 3. The first-order chi connectivity index (χ1) is 18.4. The van der Waals surface area contributed by atoms with Crippen LogP contribution in [0.3, 0.4) is 0 Å². The molecule has 2 unspecified atom stereocenters. The minimum absolute atomic E-state index is 0.0331. The zero-order valence-corrected chi connectivity index (χ0v) is 20.8. The molecule has 2 atom stereocenters. The second-order valence-electron chi connectivity index (χ2n) is 8.70. The summed E-state index contributed by atoms with van der Waals surface area (Å²) >= 11 is 0. The SMILES string of the molecule is C#Cc1ccc(NC(=O)N2CC(OCC(=O)OC)CC2C(=O)Nc2ccc(N3CCOCC3=O)cc2)cc1. The molecule has 38 heavy (non-hydrogen) atoms. The van der Waals surface area contributed by atoms with Crippen molar-refractivity contribution >= 4 is 40.9 Å². The lowest BCUT2D eigenvalue weighted by Gasteiger charge is -2.27. The topological polar surface area (TPSA) is 127 Å². The number of terminal acetylenes is 1. The maximum Gasteiger partial charge on any atom is 0.331 e. The van der Waals surface area contributed by atoms with Gasteiger partial charge in [0, 0.05) is 42.1 Å². The Morgan fingerprint density at radius 1 is 1.08 bits per heavy atom. The first-order valence-corrected chi connectivity index (χ1v) is 12.0. The molecule has 4 rings (SSSR count). The number of amides is 4. The smallest absolute Gasteiger partial charge is 0.331 e. The highest BCUT2D eigenvalue weighted by atomic mass is 16.6. The van der Waals surface area contributed by atoms with Crippen LogP contribution < -0.4 is 15.5 Å². The summed E-state index contributed by atoms with van der Waals surface area (Å²) in [6, 6.07) is 12.2. The van der Waals surface area contributed by atoms with Crippen molar-refractivity contribution in [1.82, 2.24) is 4.90 Å². The van der Waals surface area contributed by atoms with Crippen LogP contribution in [0.2, 0.25) is 0 Å². The maximum atomic E-state index is 13.3. The summed E-state index contributed by atoms with van der Waals surface area (Å²) in [6.07, 6.45) is 5.02. The number of nitrogens with zero attached hydrogens (tertiary/aromatic N) is 2. The molecule has 0 aliphatic carbocycles. The summed E-state index contributed by atoms with van der Waals surface area (Å²) in [6.45, 7) is 0.749. The molecule has 2 aromatic carbocycles. The molecule has 0 spiro atoms. The summed E-state index contributed by atoms with van der Waals surface area (Å²) in [5, 5.41) is 5.60. The third kappa shape index (κ3) is 6.47. The van der Waals surface area contributed by atoms with Crippen LogP contribution in [0.25, 0.3) is 0 Å². The van der Waals surface area contributed by atoms with E-state index < -0.39 is 30.1 Å². The van der Waals surface area contributed by atoms with Crippen LogP contribution in [0.1, 0.15) is 12.0 Å². The van der Waals surface area contributed by atoms with Gasteiger partial charge < -0.3 is 34.6 Å². The van der Waals surface area contributed by atoms with E-state index in [2.05, 4.69) is 21.3 Å². The van der Waals surface area contributed by atoms with E-state index >= 15 is 0 Å². The Kier molecular flexibility index (Phi) is 8.58. The van der Waals surface area contributed by atoms with Gasteiger partial charge in [0.2, 0.25) is 5.91 Å². The number of benzene rings is 2. The molecule has 4 amide bonds. The second kappa shape index (κ2) is 12.2. The molecule has 2 fully saturated rings. The first kappa shape index (κ1) is 26.7. The number of methoxy groups -OCH3 is 1. The van der Waals surface area contributed by atoms with Crippen molar-refractivity contribution in [2.45, 2.75) is 18.6 Å². The van der Waals surface area contributed by atoms with Gasteiger partial charge in [-0.25, -0.2) is 9.59 Å². The van der Waals surface area contributed by atoms with Gasteiger partial charge in [-0.15, -0.1) is 6.42 Å². The molecule has 0 radical (unpaired) electrons. The molecule has 2 aromatic rings. The van der Waals surface area contributed by atoms with Crippen LogP contribution in [-0.4, -0.2) is 80.9 Å². The summed E-state index contributed by atoms with van der Waals surface area (Å²) in [7, 11) is 1.25. The van der Waals surface area contributed by atoms with Crippen molar-refractivity contribution in [2.24, 2.45) is 0 Å². The Labute approximate surface area is 220 Å². The predicted molar refractivity (Wildman–Crippen MR) is 139 cm³/mol. The summed E-state index contributed by atoms with van der Waals surface area (Å²) in [4.78, 5) is 53.0. The van der Waals surface area contributed by atoms with E-state index in [1.807, 2.05) is 0 Å². The van der Waals surface area contributed by atoms with E-state index in [1.165, 1.54) is 12.0 Å². The van der Waals surface area contributed by atoms with Crippen molar-refractivity contribution < 1.29 is 33.4 Å². The van der Waals surface area contributed by atoms with Gasteiger partial charge in [0.05, 0.1) is 19.8 Å². The average Bonchev–Trinajstić information content (AvgIpc) is 3.38. The molecule has 0 saturated carbocycles. The van der Waals surface area contributed by atoms with E-state index in [9.17, 15) is 19.2 Å². The molecule has 2 heterocycles. The van der Waals surface area contributed by atoms with E-state index in [0.717, 1.165) is 0 Å². The fraction of sp³-hybridized carbons (Fsp3) is 0.333. The van der Waals surface area contributed by atoms with E-state index in [0.29, 0.717) is 35.8 Å². The van der Waals surface area contributed by atoms with Crippen molar-refractivity contribution in [3.05, 3.63) is 54.1 Å². The average molecular weight is 521 g/mol. The molecule has 11 nitrogen and oxygen atoms in total. The van der Waals surface area contributed by atoms with Gasteiger partial charge in [-0.1, -0.05) is 5.92 Å². The molecule has 11 heteroatoms. The lowest BCUT2D eigenvalue weighted by molar-refractivity contribution is -0.147. The maximum absolute atomic E-state index is 13.3. The van der Waals surface area contributed by atoms with Gasteiger partial charge in [-0.2, -0.15) is 0 Å². The van der Waals surface area contributed by atoms with Gasteiger partial charge in [-0.3, -0.25) is 9.59 Å². The van der Waals surface area contributed by atoms with Gasteiger partial charge in [-0.05, 0) is 48.5 Å².